The van der Waals surface area contributed by atoms with Gasteiger partial charge in [0.05, 0.1) is 17.0 Å². The normalized spacial score (nSPS) is 14.2. The van der Waals surface area contributed by atoms with E-state index in [9.17, 15) is 0 Å². The van der Waals surface area contributed by atoms with E-state index < -0.39 is 0 Å². The highest BCUT2D eigenvalue weighted by atomic mass is 32.1. The minimum atomic E-state index is 0.264. The molecule has 1 rings (SSSR count). The average Bonchev–Trinajstić information content (AvgIpc) is 2.64. The van der Waals surface area contributed by atoms with Gasteiger partial charge >= 0.3 is 0 Å². The van der Waals surface area contributed by atoms with E-state index >= 15 is 0 Å². The molecule has 0 unspecified atom stereocenters. The summed E-state index contributed by atoms with van der Waals surface area (Å²) >= 11 is 1.65. The van der Waals surface area contributed by atoms with Crippen molar-refractivity contribution in [1.82, 2.24) is 4.98 Å². The van der Waals surface area contributed by atoms with Crippen molar-refractivity contribution in [2.75, 3.05) is 0 Å². The molecule has 0 radical (unpaired) electrons. The molecule has 0 aliphatic heterocycles. The number of nitrogens with zero attached hydrogens (tertiary/aromatic N) is 1. The van der Waals surface area contributed by atoms with E-state index in [0.717, 1.165) is 29.0 Å². The third-order valence-corrected chi connectivity index (χ3v) is 3.43. The molecule has 1 aromatic heterocycles. The summed E-state index contributed by atoms with van der Waals surface area (Å²) in [4.78, 5) is 4.42. The SMILES string of the molecule is C=C(C)[C@@H](C/C=C\O)/C(C)=C/c1csc(C)n1. The summed E-state index contributed by atoms with van der Waals surface area (Å²) in [6.45, 7) is 10.1. The fourth-order valence-corrected chi connectivity index (χ4v) is 2.32. The second kappa shape index (κ2) is 6.40. The minimum Gasteiger partial charge on any atom is -0.516 e. The molecule has 17 heavy (non-hydrogen) atoms. The lowest BCUT2D eigenvalue weighted by Crippen LogP contribution is -2.02. The predicted octanol–water partition coefficient (Wildman–Crippen LogP) is 4.51. The van der Waals surface area contributed by atoms with Gasteiger partial charge in [0.15, 0.2) is 0 Å². The Morgan fingerprint density at radius 3 is 2.76 bits per heavy atom. The summed E-state index contributed by atoms with van der Waals surface area (Å²) in [5.74, 6) is 0.264. The number of aliphatic hydroxyl groups is 1. The van der Waals surface area contributed by atoms with Crippen LogP contribution < -0.4 is 0 Å². The first-order valence-electron chi connectivity index (χ1n) is 5.59. The lowest BCUT2D eigenvalue weighted by Gasteiger charge is -2.15. The first-order chi connectivity index (χ1) is 8.04. The molecule has 92 valence electrons. The third-order valence-electron chi connectivity index (χ3n) is 2.63. The van der Waals surface area contributed by atoms with Crippen molar-refractivity contribution in [3.8, 4) is 0 Å². The number of rotatable bonds is 5. The van der Waals surface area contributed by atoms with Crippen LogP contribution >= 0.6 is 11.3 Å². The summed E-state index contributed by atoms with van der Waals surface area (Å²) < 4.78 is 0. The lowest BCUT2D eigenvalue weighted by molar-refractivity contribution is 0.469. The van der Waals surface area contributed by atoms with Gasteiger partial charge in [-0.05, 0) is 39.3 Å². The smallest absolute Gasteiger partial charge is 0.0901 e. The zero-order chi connectivity index (χ0) is 12.8. The van der Waals surface area contributed by atoms with Crippen molar-refractivity contribution in [3.63, 3.8) is 0 Å². The zero-order valence-electron chi connectivity index (χ0n) is 10.6. The second-order valence-corrected chi connectivity index (χ2v) is 5.26. The topological polar surface area (TPSA) is 33.1 Å². The molecule has 2 nitrogen and oxygen atoms in total. The fraction of sp³-hybridized carbons (Fsp3) is 0.357. The Kier molecular flexibility index (Phi) is 5.16. The Balaban J connectivity index is 2.87. The van der Waals surface area contributed by atoms with Gasteiger partial charge in [0.1, 0.15) is 0 Å². The lowest BCUT2D eigenvalue weighted by atomic mass is 9.90. The molecule has 1 atom stereocenters. The highest BCUT2D eigenvalue weighted by Crippen LogP contribution is 2.25. The van der Waals surface area contributed by atoms with Crippen LogP contribution in [0.1, 0.15) is 31.0 Å². The van der Waals surface area contributed by atoms with Gasteiger partial charge in [0.25, 0.3) is 0 Å². The molecule has 0 amide bonds. The fourth-order valence-electron chi connectivity index (χ4n) is 1.75. The molecule has 3 heteroatoms. The monoisotopic (exact) mass is 249 g/mol. The van der Waals surface area contributed by atoms with E-state index in [4.69, 9.17) is 5.11 Å². The van der Waals surface area contributed by atoms with Crippen LogP contribution in [0.5, 0.6) is 0 Å². The number of aromatic nitrogens is 1. The van der Waals surface area contributed by atoms with Gasteiger partial charge in [0, 0.05) is 11.3 Å². The van der Waals surface area contributed by atoms with E-state index in [0.29, 0.717) is 0 Å². The van der Waals surface area contributed by atoms with E-state index in [2.05, 4.69) is 29.9 Å². The van der Waals surface area contributed by atoms with Crippen molar-refractivity contribution < 1.29 is 5.11 Å². The quantitative estimate of drug-likeness (QED) is 0.615. The minimum absolute atomic E-state index is 0.264. The number of aryl methyl sites for hydroxylation is 1. The van der Waals surface area contributed by atoms with Crippen molar-refractivity contribution >= 4 is 17.4 Å². The average molecular weight is 249 g/mol. The summed E-state index contributed by atoms with van der Waals surface area (Å²) in [7, 11) is 0. The number of hydrogen-bond acceptors (Lipinski definition) is 3. The maximum Gasteiger partial charge on any atom is 0.0901 e. The van der Waals surface area contributed by atoms with Crippen LogP contribution in [0.2, 0.25) is 0 Å². The Hall–Kier alpha value is -1.35. The Morgan fingerprint density at radius 2 is 2.29 bits per heavy atom. The van der Waals surface area contributed by atoms with Crippen molar-refractivity contribution in [2.45, 2.75) is 27.2 Å². The van der Waals surface area contributed by atoms with E-state index in [1.807, 2.05) is 13.8 Å². The number of aliphatic hydroxyl groups excluding tert-OH is 1. The maximum atomic E-state index is 8.73. The summed E-state index contributed by atoms with van der Waals surface area (Å²) in [6, 6.07) is 0. The van der Waals surface area contributed by atoms with E-state index in [-0.39, 0.29) is 5.92 Å². The molecular formula is C14H19NOS. The van der Waals surface area contributed by atoms with Crippen LogP contribution in [0.25, 0.3) is 6.08 Å². The molecular weight excluding hydrogens is 230 g/mol. The van der Waals surface area contributed by atoms with Gasteiger partial charge in [-0.1, -0.05) is 17.7 Å². The highest BCUT2D eigenvalue weighted by Gasteiger charge is 2.10. The van der Waals surface area contributed by atoms with Crippen molar-refractivity contribution in [2.24, 2.45) is 5.92 Å². The Labute approximate surface area is 107 Å². The largest absolute Gasteiger partial charge is 0.516 e. The van der Waals surface area contributed by atoms with Crippen LogP contribution in [-0.4, -0.2) is 10.1 Å². The van der Waals surface area contributed by atoms with Crippen LogP contribution in [0, 0.1) is 12.8 Å². The molecule has 0 aliphatic carbocycles. The molecule has 0 saturated carbocycles. The highest BCUT2D eigenvalue weighted by molar-refractivity contribution is 7.09. The Morgan fingerprint density at radius 1 is 1.59 bits per heavy atom. The van der Waals surface area contributed by atoms with Crippen LogP contribution in [0.15, 0.2) is 35.4 Å². The van der Waals surface area contributed by atoms with Gasteiger partial charge in [-0.15, -0.1) is 11.3 Å². The van der Waals surface area contributed by atoms with Crippen molar-refractivity contribution in [3.05, 3.63) is 46.1 Å². The van der Waals surface area contributed by atoms with E-state index in [1.165, 1.54) is 5.57 Å². The first kappa shape index (κ1) is 13.7. The van der Waals surface area contributed by atoms with Gasteiger partial charge in [0.2, 0.25) is 0 Å². The molecule has 1 heterocycles. The van der Waals surface area contributed by atoms with Gasteiger partial charge < -0.3 is 5.11 Å². The third kappa shape index (κ3) is 4.19. The first-order valence-corrected chi connectivity index (χ1v) is 6.47. The zero-order valence-corrected chi connectivity index (χ0v) is 11.4. The second-order valence-electron chi connectivity index (χ2n) is 4.20. The maximum absolute atomic E-state index is 8.73. The molecule has 0 saturated heterocycles. The summed E-state index contributed by atoms with van der Waals surface area (Å²) in [5.41, 5.74) is 3.33. The molecule has 1 N–H and O–H groups in total. The number of allylic oxidation sites excluding steroid dienone is 3. The summed E-state index contributed by atoms with van der Waals surface area (Å²) in [5, 5.41) is 11.9. The molecule has 0 fully saturated rings. The number of hydrogen-bond donors (Lipinski definition) is 1. The molecule has 0 spiro atoms. The molecule has 0 aliphatic rings. The van der Waals surface area contributed by atoms with Crippen molar-refractivity contribution in [1.29, 1.82) is 0 Å². The standard InChI is InChI=1S/C14H19NOS/c1-10(2)14(6-5-7-16)11(3)8-13-9-17-12(4)15-13/h5,7-9,14,16H,1,6H2,2-4H3/b7-5-,11-8+/t14-/m1/s1. The van der Waals surface area contributed by atoms with E-state index in [1.54, 1.807) is 17.4 Å². The molecule has 1 aromatic rings. The van der Waals surface area contributed by atoms with Gasteiger partial charge in [-0.25, -0.2) is 4.98 Å². The molecule has 0 aromatic carbocycles. The van der Waals surface area contributed by atoms with Crippen LogP contribution in [0.4, 0.5) is 0 Å². The van der Waals surface area contributed by atoms with Gasteiger partial charge in [-0.2, -0.15) is 0 Å². The van der Waals surface area contributed by atoms with Crippen LogP contribution in [0.3, 0.4) is 0 Å². The van der Waals surface area contributed by atoms with Crippen LogP contribution in [-0.2, 0) is 0 Å². The molecule has 0 bridgehead atoms. The summed E-state index contributed by atoms with van der Waals surface area (Å²) in [6.07, 6.45) is 5.71. The Bertz CT molecular complexity index is 443. The predicted molar refractivity (Wildman–Crippen MR) is 75.2 cm³/mol. The number of thiazole rings is 1. The van der Waals surface area contributed by atoms with Gasteiger partial charge in [-0.3, -0.25) is 0 Å².